The Bertz CT molecular complexity index is 502. The second-order valence-corrected chi connectivity index (χ2v) is 6.75. The van der Waals surface area contributed by atoms with Crippen molar-refractivity contribution in [1.82, 2.24) is 4.31 Å². The molecule has 1 atom stereocenters. The third-order valence-electron chi connectivity index (χ3n) is 2.78. The molecule has 0 aliphatic carbocycles. The lowest BCUT2D eigenvalue weighted by molar-refractivity contribution is 0.394. The van der Waals surface area contributed by atoms with Crippen LogP contribution in [-0.4, -0.2) is 32.4 Å². The van der Waals surface area contributed by atoms with Crippen molar-refractivity contribution in [1.29, 1.82) is 0 Å². The van der Waals surface area contributed by atoms with Crippen molar-refractivity contribution in [2.24, 2.45) is 5.73 Å². The van der Waals surface area contributed by atoms with Crippen LogP contribution in [0.25, 0.3) is 0 Å². The maximum atomic E-state index is 12.3. The van der Waals surface area contributed by atoms with E-state index in [-0.39, 0.29) is 10.9 Å². The molecule has 17 heavy (non-hydrogen) atoms. The van der Waals surface area contributed by atoms with Gasteiger partial charge in [0, 0.05) is 24.1 Å². The van der Waals surface area contributed by atoms with Crippen molar-refractivity contribution in [3.05, 3.63) is 28.2 Å². The SMILES string of the molecule is Cc1cccc(S(=O)(=O)N(C)C(C)CN)c1Br. The molecule has 0 aliphatic heterocycles. The highest BCUT2D eigenvalue weighted by molar-refractivity contribution is 9.10. The van der Waals surface area contributed by atoms with Gasteiger partial charge in [0.25, 0.3) is 0 Å². The predicted octanol–water partition coefficient (Wildman–Crippen LogP) is 1.73. The molecule has 1 unspecified atom stereocenters. The molecule has 2 N–H and O–H groups in total. The fourth-order valence-corrected chi connectivity index (χ4v) is 3.75. The van der Waals surface area contributed by atoms with Gasteiger partial charge in [0.1, 0.15) is 0 Å². The monoisotopic (exact) mass is 320 g/mol. The van der Waals surface area contributed by atoms with Crippen LogP contribution in [0.3, 0.4) is 0 Å². The number of hydrogen-bond acceptors (Lipinski definition) is 3. The summed E-state index contributed by atoms with van der Waals surface area (Å²) in [4.78, 5) is 0.278. The highest BCUT2D eigenvalue weighted by Crippen LogP contribution is 2.27. The number of aryl methyl sites for hydroxylation is 1. The van der Waals surface area contributed by atoms with Crippen molar-refractivity contribution in [3.8, 4) is 0 Å². The lowest BCUT2D eigenvalue weighted by Gasteiger charge is -2.23. The molecule has 1 rings (SSSR count). The van der Waals surface area contributed by atoms with E-state index in [1.165, 1.54) is 4.31 Å². The van der Waals surface area contributed by atoms with Gasteiger partial charge in [0.2, 0.25) is 10.0 Å². The summed E-state index contributed by atoms with van der Waals surface area (Å²) in [6, 6.07) is 4.95. The highest BCUT2D eigenvalue weighted by Gasteiger charge is 2.26. The standard InChI is InChI=1S/C11H17BrN2O2S/c1-8-5-4-6-10(11(8)12)17(15,16)14(3)9(2)7-13/h4-6,9H,7,13H2,1-3H3. The molecule has 0 aliphatic rings. The molecule has 4 nitrogen and oxygen atoms in total. The average Bonchev–Trinajstić information content (AvgIpc) is 2.30. The Morgan fingerprint density at radius 3 is 2.59 bits per heavy atom. The van der Waals surface area contributed by atoms with Crippen molar-refractivity contribution >= 4 is 26.0 Å². The number of rotatable bonds is 4. The largest absolute Gasteiger partial charge is 0.329 e. The summed E-state index contributed by atoms with van der Waals surface area (Å²) < 4.78 is 26.6. The van der Waals surface area contributed by atoms with Crippen LogP contribution < -0.4 is 5.73 Å². The first kappa shape index (κ1) is 14.6. The Morgan fingerprint density at radius 1 is 1.47 bits per heavy atom. The summed E-state index contributed by atoms with van der Waals surface area (Å²) in [5, 5.41) is 0. The van der Waals surface area contributed by atoms with Crippen LogP contribution in [0.15, 0.2) is 27.6 Å². The van der Waals surface area contributed by atoms with Crippen LogP contribution in [0, 0.1) is 6.92 Å². The molecule has 0 fully saturated rings. The number of sulfonamides is 1. The van der Waals surface area contributed by atoms with E-state index in [9.17, 15) is 8.42 Å². The Kier molecular flexibility index (Phi) is 4.71. The first-order valence-electron chi connectivity index (χ1n) is 5.25. The highest BCUT2D eigenvalue weighted by atomic mass is 79.9. The van der Waals surface area contributed by atoms with E-state index in [2.05, 4.69) is 15.9 Å². The molecule has 0 amide bonds. The molecule has 0 radical (unpaired) electrons. The van der Waals surface area contributed by atoms with Crippen molar-refractivity contribution in [3.63, 3.8) is 0 Å². The van der Waals surface area contributed by atoms with Gasteiger partial charge in [-0.05, 0) is 41.4 Å². The predicted molar refractivity (Wildman–Crippen MR) is 72.3 cm³/mol. The van der Waals surface area contributed by atoms with E-state index in [0.29, 0.717) is 11.0 Å². The minimum atomic E-state index is -3.50. The van der Waals surface area contributed by atoms with Crippen LogP contribution in [0.1, 0.15) is 12.5 Å². The zero-order valence-corrected chi connectivity index (χ0v) is 12.5. The summed E-state index contributed by atoms with van der Waals surface area (Å²) in [6.07, 6.45) is 0. The normalized spacial score (nSPS) is 14.0. The van der Waals surface area contributed by atoms with E-state index >= 15 is 0 Å². The van der Waals surface area contributed by atoms with Crippen LogP contribution in [-0.2, 0) is 10.0 Å². The minimum Gasteiger partial charge on any atom is -0.329 e. The number of nitrogens with zero attached hydrogens (tertiary/aromatic N) is 1. The van der Waals surface area contributed by atoms with Crippen molar-refractivity contribution < 1.29 is 8.42 Å². The molecule has 0 spiro atoms. The van der Waals surface area contributed by atoms with Crippen LogP contribution in [0.5, 0.6) is 0 Å². The molecular weight excluding hydrogens is 304 g/mol. The fraction of sp³-hybridized carbons (Fsp3) is 0.455. The number of hydrogen-bond donors (Lipinski definition) is 1. The summed E-state index contributed by atoms with van der Waals surface area (Å²) in [6.45, 7) is 3.93. The Hall–Kier alpha value is -0.430. The Labute approximate surface area is 111 Å². The lowest BCUT2D eigenvalue weighted by Crippen LogP contribution is -2.39. The Balaban J connectivity index is 3.27. The summed E-state index contributed by atoms with van der Waals surface area (Å²) in [5.74, 6) is 0. The van der Waals surface area contributed by atoms with Gasteiger partial charge >= 0.3 is 0 Å². The number of halogens is 1. The van der Waals surface area contributed by atoms with E-state index in [4.69, 9.17) is 5.73 Å². The van der Waals surface area contributed by atoms with Crippen LogP contribution in [0.2, 0.25) is 0 Å². The van der Waals surface area contributed by atoms with E-state index in [0.717, 1.165) is 5.56 Å². The third-order valence-corrected chi connectivity index (χ3v) is 6.10. The zero-order chi connectivity index (χ0) is 13.2. The third kappa shape index (κ3) is 2.88. The second kappa shape index (κ2) is 5.48. The fourth-order valence-electron chi connectivity index (χ4n) is 1.36. The summed E-state index contributed by atoms with van der Waals surface area (Å²) in [5.41, 5.74) is 6.39. The Morgan fingerprint density at radius 2 is 2.06 bits per heavy atom. The number of likely N-dealkylation sites (N-methyl/N-ethyl adjacent to an activating group) is 1. The smallest absolute Gasteiger partial charge is 0.244 e. The van der Waals surface area contributed by atoms with E-state index in [1.807, 2.05) is 13.0 Å². The van der Waals surface area contributed by atoms with Gasteiger partial charge in [-0.15, -0.1) is 0 Å². The maximum absolute atomic E-state index is 12.3. The maximum Gasteiger partial charge on any atom is 0.244 e. The molecule has 6 heteroatoms. The van der Waals surface area contributed by atoms with E-state index in [1.54, 1.807) is 26.1 Å². The first-order valence-corrected chi connectivity index (χ1v) is 7.49. The molecule has 0 saturated heterocycles. The van der Waals surface area contributed by atoms with Gasteiger partial charge < -0.3 is 5.73 Å². The minimum absolute atomic E-state index is 0.229. The van der Waals surface area contributed by atoms with Crippen molar-refractivity contribution in [2.75, 3.05) is 13.6 Å². The molecule has 0 heterocycles. The van der Waals surface area contributed by atoms with Gasteiger partial charge in [-0.3, -0.25) is 0 Å². The second-order valence-electron chi connectivity index (χ2n) is 3.99. The number of benzene rings is 1. The van der Waals surface area contributed by atoms with E-state index < -0.39 is 10.0 Å². The van der Waals surface area contributed by atoms with Crippen LogP contribution >= 0.6 is 15.9 Å². The summed E-state index contributed by atoms with van der Waals surface area (Å²) in [7, 11) is -1.95. The molecule has 1 aromatic rings. The van der Waals surface area contributed by atoms with Gasteiger partial charge in [-0.2, -0.15) is 4.31 Å². The van der Waals surface area contributed by atoms with Gasteiger partial charge in [0.15, 0.2) is 0 Å². The number of nitrogens with two attached hydrogens (primary N) is 1. The topological polar surface area (TPSA) is 63.4 Å². The lowest BCUT2D eigenvalue weighted by atomic mass is 10.2. The van der Waals surface area contributed by atoms with Gasteiger partial charge in [0.05, 0.1) is 4.90 Å². The van der Waals surface area contributed by atoms with Gasteiger partial charge in [-0.25, -0.2) is 8.42 Å². The molecule has 1 aromatic carbocycles. The quantitative estimate of drug-likeness (QED) is 0.918. The molecule has 96 valence electrons. The van der Waals surface area contributed by atoms with Gasteiger partial charge in [-0.1, -0.05) is 12.1 Å². The van der Waals surface area contributed by atoms with Crippen LogP contribution in [0.4, 0.5) is 0 Å². The zero-order valence-electron chi connectivity index (χ0n) is 10.1. The molecule has 0 saturated carbocycles. The van der Waals surface area contributed by atoms with Crippen molar-refractivity contribution in [2.45, 2.75) is 24.8 Å². The molecule has 0 aromatic heterocycles. The first-order chi connectivity index (χ1) is 7.82. The summed E-state index contributed by atoms with van der Waals surface area (Å²) >= 11 is 3.32. The average molecular weight is 321 g/mol. The molecular formula is C11H17BrN2O2S. The molecule has 0 bridgehead atoms.